The predicted molar refractivity (Wildman–Crippen MR) is 94.1 cm³/mol. The Hall–Kier alpha value is -3.08. The number of anilines is 1. The molecule has 25 heavy (non-hydrogen) atoms. The first-order valence-electron chi connectivity index (χ1n) is 7.70. The van der Waals surface area contributed by atoms with Crippen LogP contribution in [0.25, 0.3) is 32.9 Å². The fourth-order valence-corrected chi connectivity index (χ4v) is 3.13. The quantitative estimate of drug-likeness (QED) is 0.455. The molecule has 4 rings (SSSR count). The smallest absolute Gasteiger partial charge is 0.396 e. The van der Waals surface area contributed by atoms with Gasteiger partial charge in [-0.05, 0) is 5.39 Å². The van der Waals surface area contributed by atoms with E-state index in [1.54, 1.807) is 48.5 Å². The van der Waals surface area contributed by atoms with Gasteiger partial charge in [0.25, 0.3) is 0 Å². The van der Waals surface area contributed by atoms with Gasteiger partial charge in [-0.3, -0.25) is 0 Å². The Morgan fingerprint density at radius 1 is 0.760 bits per heavy atom. The number of fused-ring (bicyclic) bond motifs is 3. The van der Waals surface area contributed by atoms with Crippen molar-refractivity contribution >= 4 is 27.4 Å². The lowest BCUT2D eigenvalue weighted by Gasteiger charge is -2.17. The molecule has 2 nitrogen and oxygen atoms in total. The summed E-state index contributed by atoms with van der Waals surface area (Å²) in [5, 5.41) is 1.52. The average molecular weight is 338 g/mol. The molecule has 2 N–H and O–H groups in total. The Morgan fingerprint density at radius 3 is 2.16 bits per heavy atom. The Kier molecular flexibility index (Phi) is 3.39. The highest BCUT2D eigenvalue weighted by molar-refractivity contribution is 6.08. The Morgan fingerprint density at radius 2 is 1.44 bits per heavy atom. The van der Waals surface area contributed by atoms with E-state index in [9.17, 15) is 13.2 Å². The van der Waals surface area contributed by atoms with E-state index in [1.165, 1.54) is 6.07 Å². The minimum atomic E-state index is -4.57. The van der Waals surface area contributed by atoms with Crippen LogP contribution in [0.1, 0.15) is 5.56 Å². The molecule has 0 saturated carbocycles. The number of benzene rings is 3. The van der Waals surface area contributed by atoms with Crippen LogP contribution < -0.4 is 5.73 Å². The van der Waals surface area contributed by atoms with Crippen LogP contribution in [0.4, 0.5) is 18.9 Å². The molecular formula is C20H13F3N2. The van der Waals surface area contributed by atoms with Gasteiger partial charge in [-0.2, -0.15) is 13.2 Å². The van der Waals surface area contributed by atoms with Crippen LogP contribution in [0.2, 0.25) is 0 Å². The molecule has 0 radical (unpaired) electrons. The Bertz CT molecular complexity index is 1090. The van der Waals surface area contributed by atoms with Crippen molar-refractivity contribution < 1.29 is 13.2 Å². The number of halogens is 3. The highest BCUT2D eigenvalue weighted by atomic mass is 19.4. The van der Waals surface area contributed by atoms with Crippen LogP contribution in [-0.2, 0) is 6.18 Å². The molecule has 1 aromatic heterocycles. The Labute approximate surface area is 141 Å². The van der Waals surface area contributed by atoms with Crippen molar-refractivity contribution in [3.05, 3.63) is 72.3 Å². The monoisotopic (exact) mass is 338 g/mol. The Balaban J connectivity index is 2.21. The van der Waals surface area contributed by atoms with Gasteiger partial charge in [-0.25, -0.2) is 4.98 Å². The number of rotatable bonds is 1. The molecule has 0 bridgehead atoms. The van der Waals surface area contributed by atoms with E-state index in [0.717, 1.165) is 5.39 Å². The third kappa shape index (κ3) is 2.48. The number of nitrogen functional groups attached to an aromatic ring is 1. The van der Waals surface area contributed by atoms with Crippen molar-refractivity contribution in [2.24, 2.45) is 0 Å². The minimum absolute atomic E-state index is 0.0170. The fraction of sp³-hybridized carbons (Fsp3) is 0.0500. The SMILES string of the molecule is Nc1c(-c2ccccc2)nc2c(ccc3ccccc32)c1C(F)(F)F. The van der Waals surface area contributed by atoms with Gasteiger partial charge < -0.3 is 5.73 Å². The minimum Gasteiger partial charge on any atom is -0.396 e. The summed E-state index contributed by atoms with van der Waals surface area (Å²) in [6.45, 7) is 0. The molecule has 0 spiro atoms. The predicted octanol–water partition coefficient (Wildman–Crippen LogP) is 5.66. The van der Waals surface area contributed by atoms with E-state index in [4.69, 9.17) is 5.73 Å². The molecule has 1 heterocycles. The van der Waals surface area contributed by atoms with Crippen molar-refractivity contribution in [1.29, 1.82) is 0 Å². The molecule has 5 heteroatoms. The van der Waals surface area contributed by atoms with Gasteiger partial charge in [0.2, 0.25) is 0 Å². The second-order valence-corrected chi connectivity index (χ2v) is 5.80. The maximum atomic E-state index is 13.8. The molecule has 3 aromatic carbocycles. The zero-order chi connectivity index (χ0) is 17.6. The molecule has 0 saturated heterocycles. The highest BCUT2D eigenvalue weighted by Gasteiger charge is 2.37. The number of alkyl halides is 3. The lowest BCUT2D eigenvalue weighted by Crippen LogP contribution is -2.12. The third-order valence-electron chi connectivity index (χ3n) is 4.25. The number of hydrogen-bond acceptors (Lipinski definition) is 2. The van der Waals surface area contributed by atoms with Gasteiger partial charge >= 0.3 is 6.18 Å². The summed E-state index contributed by atoms with van der Waals surface area (Å²) < 4.78 is 41.3. The maximum Gasteiger partial charge on any atom is 0.419 e. The zero-order valence-corrected chi connectivity index (χ0v) is 13.0. The highest BCUT2D eigenvalue weighted by Crippen LogP contribution is 2.43. The summed E-state index contributed by atoms with van der Waals surface area (Å²) in [5.41, 5.74) is 5.76. The number of aromatic nitrogens is 1. The number of pyridine rings is 1. The third-order valence-corrected chi connectivity index (χ3v) is 4.25. The summed E-state index contributed by atoms with van der Waals surface area (Å²) in [6.07, 6.45) is -4.57. The summed E-state index contributed by atoms with van der Waals surface area (Å²) in [6, 6.07) is 19.1. The molecule has 0 fully saturated rings. The van der Waals surface area contributed by atoms with Gasteiger partial charge in [0.15, 0.2) is 0 Å². The van der Waals surface area contributed by atoms with Crippen LogP contribution in [0.5, 0.6) is 0 Å². The van der Waals surface area contributed by atoms with Crippen molar-refractivity contribution in [1.82, 2.24) is 4.98 Å². The normalized spacial score (nSPS) is 12.0. The van der Waals surface area contributed by atoms with Crippen LogP contribution in [0, 0.1) is 0 Å². The first-order chi connectivity index (χ1) is 12.0. The van der Waals surface area contributed by atoms with Crippen LogP contribution in [-0.4, -0.2) is 4.98 Å². The van der Waals surface area contributed by atoms with Gasteiger partial charge in [0.1, 0.15) is 0 Å². The molecule has 0 unspecified atom stereocenters. The molecule has 0 aliphatic carbocycles. The van der Waals surface area contributed by atoms with Gasteiger partial charge in [0.05, 0.1) is 22.5 Å². The van der Waals surface area contributed by atoms with Crippen molar-refractivity contribution in [3.8, 4) is 11.3 Å². The van der Waals surface area contributed by atoms with E-state index in [0.29, 0.717) is 16.5 Å². The largest absolute Gasteiger partial charge is 0.419 e. The fourth-order valence-electron chi connectivity index (χ4n) is 3.13. The summed E-state index contributed by atoms with van der Waals surface area (Å²) >= 11 is 0. The van der Waals surface area contributed by atoms with Crippen molar-refractivity contribution in [2.75, 3.05) is 5.73 Å². The molecular weight excluding hydrogens is 325 g/mol. The average Bonchev–Trinajstić information content (AvgIpc) is 2.60. The molecule has 0 aliphatic rings. The van der Waals surface area contributed by atoms with Gasteiger partial charge in [0, 0.05) is 16.3 Å². The number of hydrogen-bond donors (Lipinski definition) is 1. The standard InChI is InChI=1S/C20H13F3N2/c21-20(22,23)16-15-11-10-12-6-4-5-9-14(12)19(15)25-18(17(16)24)13-7-2-1-3-8-13/h1-11H,24H2. The second kappa shape index (κ2) is 5.48. The van der Waals surface area contributed by atoms with Crippen LogP contribution in [0.15, 0.2) is 66.7 Å². The number of nitrogens with two attached hydrogens (primary N) is 1. The van der Waals surface area contributed by atoms with Crippen molar-refractivity contribution in [3.63, 3.8) is 0 Å². The first kappa shape index (κ1) is 15.4. The van der Waals surface area contributed by atoms with Gasteiger partial charge in [-0.1, -0.05) is 66.7 Å². The van der Waals surface area contributed by atoms with E-state index in [2.05, 4.69) is 4.98 Å². The zero-order valence-electron chi connectivity index (χ0n) is 13.0. The van der Waals surface area contributed by atoms with E-state index >= 15 is 0 Å². The first-order valence-corrected chi connectivity index (χ1v) is 7.70. The summed E-state index contributed by atoms with van der Waals surface area (Å²) in [4.78, 5) is 4.52. The van der Waals surface area contributed by atoms with E-state index in [1.807, 2.05) is 12.1 Å². The second-order valence-electron chi connectivity index (χ2n) is 5.80. The van der Waals surface area contributed by atoms with E-state index < -0.39 is 11.7 Å². The topological polar surface area (TPSA) is 38.9 Å². The summed E-state index contributed by atoms with van der Waals surface area (Å²) in [5.74, 6) is 0. The molecule has 124 valence electrons. The summed E-state index contributed by atoms with van der Waals surface area (Å²) in [7, 11) is 0. The lowest BCUT2D eigenvalue weighted by atomic mass is 9.98. The van der Waals surface area contributed by atoms with Gasteiger partial charge in [-0.15, -0.1) is 0 Å². The van der Waals surface area contributed by atoms with Crippen molar-refractivity contribution in [2.45, 2.75) is 6.18 Å². The molecule has 0 aliphatic heterocycles. The lowest BCUT2D eigenvalue weighted by molar-refractivity contribution is -0.135. The number of nitrogens with zero attached hydrogens (tertiary/aromatic N) is 1. The molecule has 0 atom stereocenters. The van der Waals surface area contributed by atoms with Crippen LogP contribution >= 0.6 is 0 Å². The van der Waals surface area contributed by atoms with E-state index in [-0.39, 0.29) is 16.8 Å². The maximum absolute atomic E-state index is 13.8. The molecule has 0 amide bonds. The molecule has 4 aromatic rings. The van der Waals surface area contributed by atoms with Crippen LogP contribution in [0.3, 0.4) is 0 Å².